The minimum absolute atomic E-state index is 0.648. The van der Waals surface area contributed by atoms with Crippen LogP contribution in [0.2, 0.25) is 5.02 Å². The lowest BCUT2D eigenvalue weighted by Crippen LogP contribution is -2.11. The Kier molecular flexibility index (Phi) is 5.42. The number of nitrogen functional groups attached to an aromatic ring is 1. The molecule has 4 nitrogen and oxygen atoms in total. The quantitative estimate of drug-likeness (QED) is 0.498. The van der Waals surface area contributed by atoms with Crippen LogP contribution in [-0.4, -0.2) is 20.6 Å². The largest absolute Gasteiger partial charge is 0.335 e. The lowest BCUT2D eigenvalue weighted by Gasteiger charge is -2.03. The molecular formula is C12H15ClN4S2. The summed E-state index contributed by atoms with van der Waals surface area (Å²) in [6.07, 6.45) is 2.39. The first-order valence-electron chi connectivity index (χ1n) is 5.98. The van der Waals surface area contributed by atoms with E-state index in [0.717, 1.165) is 11.3 Å². The molecule has 0 saturated heterocycles. The third kappa shape index (κ3) is 3.81. The van der Waals surface area contributed by atoms with Gasteiger partial charge in [-0.1, -0.05) is 35.7 Å². The minimum Gasteiger partial charge on any atom is -0.335 e. The topological polar surface area (TPSA) is 56.7 Å². The second-order valence-corrected chi connectivity index (χ2v) is 6.76. The van der Waals surface area contributed by atoms with Crippen LogP contribution < -0.4 is 5.84 Å². The Hall–Kier alpha value is -0.850. The standard InChI is InChI=1S/C12H15ClN4S2/c1-2-3-8-18-19-12-16-15-11(17(12)14)9-4-6-10(13)7-5-9/h4-7H,2-3,8,14H2,1H3. The summed E-state index contributed by atoms with van der Waals surface area (Å²) in [6, 6.07) is 7.39. The van der Waals surface area contributed by atoms with Crippen LogP contribution >= 0.6 is 33.2 Å². The molecule has 0 aliphatic heterocycles. The third-order valence-corrected chi connectivity index (χ3v) is 5.03. The lowest BCUT2D eigenvalue weighted by molar-refractivity contribution is 0.854. The van der Waals surface area contributed by atoms with Gasteiger partial charge in [-0.15, -0.1) is 10.2 Å². The molecular weight excluding hydrogens is 300 g/mol. The highest BCUT2D eigenvalue weighted by Gasteiger charge is 2.12. The van der Waals surface area contributed by atoms with Crippen LogP contribution in [0, 0.1) is 0 Å². The number of aromatic nitrogens is 3. The van der Waals surface area contributed by atoms with Crippen LogP contribution in [-0.2, 0) is 0 Å². The second kappa shape index (κ2) is 7.07. The van der Waals surface area contributed by atoms with Crippen LogP contribution in [0.5, 0.6) is 0 Å². The van der Waals surface area contributed by atoms with Crippen molar-refractivity contribution in [3.8, 4) is 11.4 Å². The van der Waals surface area contributed by atoms with Crippen LogP contribution in [0.15, 0.2) is 29.4 Å². The van der Waals surface area contributed by atoms with Gasteiger partial charge in [0.2, 0.25) is 5.16 Å². The Labute approximate surface area is 125 Å². The van der Waals surface area contributed by atoms with Crippen molar-refractivity contribution in [3.05, 3.63) is 29.3 Å². The van der Waals surface area contributed by atoms with Crippen molar-refractivity contribution in [2.24, 2.45) is 0 Å². The molecule has 1 heterocycles. The normalized spacial score (nSPS) is 10.8. The van der Waals surface area contributed by atoms with Gasteiger partial charge in [0, 0.05) is 16.3 Å². The van der Waals surface area contributed by atoms with Crippen LogP contribution in [0.4, 0.5) is 0 Å². The minimum atomic E-state index is 0.648. The molecule has 0 spiro atoms. The first-order valence-corrected chi connectivity index (χ1v) is 8.68. The molecule has 0 unspecified atom stereocenters. The number of rotatable bonds is 6. The highest BCUT2D eigenvalue weighted by Crippen LogP contribution is 2.31. The molecule has 1 aromatic carbocycles. The van der Waals surface area contributed by atoms with Gasteiger partial charge in [0.25, 0.3) is 0 Å². The fraction of sp³-hybridized carbons (Fsp3) is 0.333. The van der Waals surface area contributed by atoms with Gasteiger partial charge in [0.05, 0.1) is 0 Å². The average molecular weight is 315 g/mol. The predicted octanol–water partition coefficient (Wildman–Crippen LogP) is 3.85. The van der Waals surface area contributed by atoms with Gasteiger partial charge in [0.1, 0.15) is 0 Å². The van der Waals surface area contributed by atoms with E-state index >= 15 is 0 Å². The molecule has 19 heavy (non-hydrogen) atoms. The Bertz CT molecular complexity index is 527. The van der Waals surface area contributed by atoms with Gasteiger partial charge < -0.3 is 5.84 Å². The summed E-state index contributed by atoms with van der Waals surface area (Å²) < 4.78 is 1.52. The molecule has 0 fully saturated rings. The average Bonchev–Trinajstić information content (AvgIpc) is 2.77. The number of benzene rings is 1. The molecule has 1 aromatic heterocycles. The maximum absolute atomic E-state index is 6.01. The number of hydrogen-bond donors (Lipinski definition) is 1. The predicted molar refractivity (Wildman–Crippen MR) is 83.8 cm³/mol. The molecule has 0 saturated carbocycles. The number of nitrogens with zero attached hydrogens (tertiary/aromatic N) is 3. The number of nitrogens with two attached hydrogens (primary N) is 1. The summed E-state index contributed by atoms with van der Waals surface area (Å²) in [5.74, 6) is 7.75. The van der Waals surface area contributed by atoms with Crippen molar-refractivity contribution in [1.82, 2.24) is 14.9 Å². The first kappa shape index (κ1) is 14.6. The van der Waals surface area contributed by atoms with Gasteiger partial charge >= 0.3 is 0 Å². The van der Waals surface area contributed by atoms with Crippen LogP contribution in [0.25, 0.3) is 11.4 Å². The van der Waals surface area contributed by atoms with Crippen molar-refractivity contribution >= 4 is 33.2 Å². The molecule has 2 N–H and O–H groups in total. The molecule has 102 valence electrons. The van der Waals surface area contributed by atoms with Gasteiger partial charge in [-0.3, -0.25) is 0 Å². The van der Waals surface area contributed by atoms with Gasteiger partial charge in [0.15, 0.2) is 5.82 Å². The van der Waals surface area contributed by atoms with E-state index < -0.39 is 0 Å². The van der Waals surface area contributed by atoms with E-state index in [-0.39, 0.29) is 0 Å². The molecule has 2 aromatic rings. The fourth-order valence-electron chi connectivity index (χ4n) is 1.43. The number of hydrogen-bond acceptors (Lipinski definition) is 5. The monoisotopic (exact) mass is 314 g/mol. The maximum atomic E-state index is 6.01. The van der Waals surface area contributed by atoms with Crippen molar-refractivity contribution in [1.29, 1.82) is 0 Å². The molecule has 0 amide bonds. The molecule has 0 aliphatic carbocycles. The van der Waals surface area contributed by atoms with E-state index in [1.54, 1.807) is 21.6 Å². The van der Waals surface area contributed by atoms with E-state index in [1.807, 2.05) is 24.3 Å². The van der Waals surface area contributed by atoms with Crippen molar-refractivity contribution in [3.63, 3.8) is 0 Å². The van der Waals surface area contributed by atoms with Crippen molar-refractivity contribution in [2.75, 3.05) is 11.6 Å². The highest BCUT2D eigenvalue weighted by molar-refractivity contribution is 8.76. The van der Waals surface area contributed by atoms with Gasteiger partial charge in [-0.2, -0.15) is 0 Å². The van der Waals surface area contributed by atoms with Gasteiger partial charge in [-0.05, 0) is 41.5 Å². The Morgan fingerprint density at radius 3 is 2.68 bits per heavy atom. The first-order chi connectivity index (χ1) is 9.22. The van der Waals surface area contributed by atoms with Gasteiger partial charge in [-0.25, -0.2) is 4.68 Å². The van der Waals surface area contributed by atoms with E-state index in [2.05, 4.69) is 17.1 Å². The molecule has 0 bridgehead atoms. The summed E-state index contributed by atoms with van der Waals surface area (Å²) in [7, 11) is 3.31. The lowest BCUT2D eigenvalue weighted by atomic mass is 10.2. The summed E-state index contributed by atoms with van der Waals surface area (Å²) in [5, 5.41) is 9.64. The number of halogens is 1. The molecule has 0 atom stereocenters. The Balaban J connectivity index is 2.07. The second-order valence-electron chi connectivity index (χ2n) is 3.94. The summed E-state index contributed by atoms with van der Waals surface area (Å²) in [5.41, 5.74) is 0.907. The SMILES string of the molecule is CCCCSSc1nnc(-c2ccc(Cl)cc2)n1N. The van der Waals surface area contributed by atoms with Crippen LogP contribution in [0.1, 0.15) is 19.8 Å². The Morgan fingerprint density at radius 2 is 2.00 bits per heavy atom. The fourth-order valence-corrected chi connectivity index (χ4v) is 3.65. The number of unbranched alkanes of at least 4 members (excludes halogenated alkanes) is 1. The molecule has 2 rings (SSSR count). The van der Waals surface area contributed by atoms with E-state index in [4.69, 9.17) is 17.4 Å². The highest BCUT2D eigenvalue weighted by atomic mass is 35.5. The Morgan fingerprint density at radius 1 is 1.26 bits per heavy atom. The zero-order valence-corrected chi connectivity index (χ0v) is 12.9. The summed E-state index contributed by atoms with van der Waals surface area (Å²) >= 11 is 5.86. The molecule has 0 radical (unpaired) electrons. The summed E-state index contributed by atoms with van der Waals surface area (Å²) in [6.45, 7) is 2.18. The van der Waals surface area contributed by atoms with Crippen molar-refractivity contribution < 1.29 is 0 Å². The maximum Gasteiger partial charge on any atom is 0.220 e. The van der Waals surface area contributed by atoms with E-state index in [0.29, 0.717) is 16.0 Å². The summed E-state index contributed by atoms with van der Waals surface area (Å²) in [4.78, 5) is 0. The van der Waals surface area contributed by atoms with E-state index in [1.165, 1.54) is 17.5 Å². The zero-order valence-electron chi connectivity index (χ0n) is 10.5. The zero-order chi connectivity index (χ0) is 13.7. The third-order valence-electron chi connectivity index (χ3n) is 2.48. The van der Waals surface area contributed by atoms with Crippen LogP contribution in [0.3, 0.4) is 0 Å². The van der Waals surface area contributed by atoms with E-state index in [9.17, 15) is 0 Å². The molecule has 7 heteroatoms. The smallest absolute Gasteiger partial charge is 0.220 e. The molecule has 0 aliphatic rings. The van der Waals surface area contributed by atoms with Crippen molar-refractivity contribution in [2.45, 2.75) is 24.9 Å².